The second kappa shape index (κ2) is 5.71. The molecule has 0 unspecified atom stereocenters. The van der Waals surface area contributed by atoms with Gasteiger partial charge in [0.2, 0.25) is 5.91 Å². The van der Waals surface area contributed by atoms with Gasteiger partial charge in [-0.2, -0.15) is 0 Å². The molecule has 1 aromatic rings. The molecule has 0 aromatic heterocycles. The maximum Gasteiger partial charge on any atom is 0.339 e. The number of ether oxygens (including phenoxy) is 1. The van der Waals surface area contributed by atoms with E-state index in [2.05, 4.69) is 10.6 Å². The third-order valence-electron chi connectivity index (χ3n) is 2.84. The smallest absolute Gasteiger partial charge is 0.339 e. The molecule has 0 bridgehead atoms. The van der Waals surface area contributed by atoms with Crippen LogP contribution < -0.4 is 15.4 Å². The van der Waals surface area contributed by atoms with Crippen LogP contribution in [0.2, 0.25) is 0 Å². The van der Waals surface area contributed by atoms with Gasteiger partial charge in [0, 0.05) is 17.8 Å². The van der Waals surface area contributed by atoms with E-state index >= 15 is 0 Å². The Morgan fingerprint density at radius 1 is 1.42 bits per heavy atom. The third-order valence-corrected chi connectivity index (χ3v) is 2.84. The summed E-state index contributed by atoms with van der Waals surface area (Å²) in [5, 5.41) is 14.7. The number of nitrogens with one attached hydrogen (secondary N) is 2. The Bertz CT molecular complexity index is 497. The van der Waals surface area contributed by atoms with E-state index in [1.165, 1.54) is 19.2 Å². The van der Waals surface area contributed by atoms with Gasteiger partial charge in [-0.1, -0.05) is 0 Å². The maximum absolute atomic E-state index is 11.6. The van der Waals surface area contributed by atoms with Crippen LogP contribution in [0.4, 0.5) is 5.69 Å². The van der Waals surface area contributed by atoms with E-state index in [0.29, 0.717) is 11.7 Å². The average molecular weight is 264 g/mol. The number of benzene rings is 1. The fraction of sp³-hybridized carbons (Fsp3) is 0.385. The predicted molar refractivity (Wildman–Crippen MR) is 69.6 cm³/mol. The van der Waals surface area contributed by atoms with Gasteiger partial charge in [-0.15, -0.1) is 0 Å². The second-order valence-electron chi connectivity index (χ2n) is 4.42. The number of carboxylic acids is 1. The van der Waals surface area contributed by atoms with Crippen LogP contribution in [0.1, 0.15) is 23.2 Å². The highest BCUT2D eigenvalue weighted by atomic mass is 16.5. The average Bonchev–Trinajstić information content (AvgIpc) is 3.20. The van der Waals surface area contributed by atoms with Crippen molar-refractivity contribution in [2.45, 2.75) is 18.9 Å². The van der Waals surface area contributed by atoms with Crippen LogP contribution in [0.25, 0.3) is 0 Å². The van der Waals surface area contributed by atoms with Gasteiger partial charge < -0.3 is 20.5 Å². The Morgan fingerprint density at radius 3 is 2.74 bits per heavy atom. The first-order valence-electron chi connectivity index (χ1n) is 6.04. The van der Waals surface area contributed by atoms with Crippen molar-refractivity contribution in [1.29, 1.82) is 0 Å². The predicted octanol–water partition coefficient (Wildman–Crippen LogP) is 1.08. The minimum Gasteiger partial charge on any atom is -0.496 e. The first-order valence-corrected chi connectivity index (χ1v) is 6.04. The summed E-state index contributed by atoms with van der Waals surface area (Å²) in [6.45, 7) is 0.258. The number of hydrogen-bond acceptors (Lipinski definition) is 4. The summed E-state index contributed by atoms with van der Waals surface area (Å²) in [6.07, 6.45) is 2.24. The summed E-state index contributed by atoms with van der Waals surface area (Å²) in [4.78, 5) is 22.6. The van der Waals surface area contributed by atoms with Gasteiger partial charge in [0.25, 0.3) is 0 Å². The molecule has 0 atom stereocenters. The highest BCUT2D eigenvalue weighted by molar-refractivity contribution is 5.95. The molecule has 0 aliphatic heterocycles. The monoisotopic (exact) mass is 264 g/mol. The van der Waals surface area contributed by atoms with Crippen molar-refractivity contribution in [3.05, 3.63) is 23.8 Å². The first-order chi connectivity index (χ1) is 9.10. The molecule has 0 radical (unpaired) electrons. The normalized spacial score (nSPS) is 13.9. The minimum absolute atomic E-state index is 0.0663. The highest BCUT2D eigenvalue weighted by Crippen LogP contribution is 2.23. The number of hydrogen-bond donors (Lipinski definition) is 3. The van der Waals surface area contributed by atoms with E-state index in [4.69, 9.17) is 9.84 Å². The topological polar surface area (TPSA) is 87.7 Å². The summed E-state index contributed by atoms with van der Waals surface area (Å²) >= 11 is 0. The van der Waals surface area contributed by atoms with Gasteiger partial charge in [0.1, 0.15) is 11.3 Å². The van der Waals surface area contributed by atoms with Crippen molar-refractivity contribution in [2.75, 3.05) is 19.0 Å². The molecule has 1 fully saturated rings. The molecule has 1 aliphatic carbocycles. The number of aromatic carboxylic acids is 1. The minimum atomic E-state index is -1.06. The molecule has 6 nitrogen and oxygen atoms in total. The zero-order valence-corrected chi connectivity index (χ0v) is 10.6. The summed E-state index contributed by atoms with van der Waals surface area (Å²) < 4.78 is 4.99. The Kier molecular flexibility index (Phi) is 4.01. The Balaban J connectivity index is 1.99. The molecule has 1 amide bonds. The van der Waals surface area contributed by atoms with Crippen LogP contribution >= 0.6 is 0 Å². The molecule has 102 valence electrons. The lowest BCUT2D eigenvalue weighted by molar-refractivity contribution is -0.115. The van der Waals surface area contributed by atoms with Gasteiger partial charge in [-0.3, -0.25) is 4.79 Å². The number of methoxy groups -OCH3 is 1. The van der Waals surface area contributed by atoms with Crippen LogP contribution in [-0.2, 0) is 4.79 Å². The number of carbonyl (C=O) groups excluding carboxylic acids is 1. The Morgan fingerprint density at radius 2 is 2.16 bits per heavy atom. The van der Waals surface area contributed by atoms with E-state index in [9.17, 15) is 9.59 Å². The summed E-state index contributed by atoms with van der Waals surface area (Å²) in [7, 11) is 1.39. The molecule has 3 N–H and O–H groups in total. The number of carbonyl (C=O) groups is 2. The Hall–Kier alpha value is -2.08. The summed E-state index contributed by atoms with van der Waals surface area (Å²) in [6, 6.07) is 4.92. The van der Waals surface area contributed by atoms with Crippen molar-refractivity contribution < 1.29 is 19.4 Å². The summed E-state index contributed by atoms with van der Waals surface area (Å²) in [5.41, 5.74) is 0.584. The quantitative estimate of drug-likeness (QED) is 0.715. The molecule has 1 aliphatic rings. The van der Waals surface area contributed by atoms with Crippen molar-refractivity contribution in [3.8, 4) is 5.75 Å². The third kappa shape index (κ3) is 3.69. The fourth-order valence-corrected chi connectivity index (χ4v) is 1.68. The number of anilines is 1. The van der Waals surface area contributed by atoms with Gasteiger partial charge in [-0.05, 0) is 25.0 Å². The number of carboxylic acid groups (broad SMARTS) is 1. The standard InChI is InChI=1S/C13H16N2O4/c1-19-11-6-9(4-5-10(11)13(17)18)15-12(16)7-14-8-2-3-8/h4-6,8,14H,2-3,7H2,1H3,(H,15,16)(H,17,18). The summed E-state index contributed by atoms with van der Waals surface area (Å²) in [5.74, 6) is -0.998. The first kappa shape index (κ1) is 13.4. The van der Waals surface area contributed by atoms with E-state index in [1.807, 2.05) is 0 Å². The molecule has 0 spiro atoms. The molecule has 0 heterocycles. The van der Waals surface area contributed by atoms with Gasteiger partial charge in [0.05, 0.1) is 13.7 Å². The van der Waals surface area contributed by atoms with Crippen molar-refractivity contribution in [2.24, 2.45) is 0 Å². The van der Waals surface area contributed by atoms with Crippen LogP contribution in [0.5, 0.6) is 5.75 Å². The molecule has 0 saturated heterocycles. The van der Waals surface area contributed by atoms with E-state index in [-0.39, 0.29) is 23.8 Å². The maximum atomic E-state index is 11.6. The molecule has 6 heteroatoms. The Labute approximate surface area is 110 Å². The fourth-order valence-electron chi connectivity index (χ4n) is 1.68. The van der Waals surface area contributed by atoms with Crippen molar-refractivity contribution in [3.63, 3.8) is 0 Å². The lowest BCUT2D eigenvalue weighted by Gasteiger charge is -2.09. The van der Waals surface area contributed by atoms with Crippen LogP contribution in [-0.4, -0.2) is 36.7 Å². The SMILES string of the molecule is COc1cc(NC(=O)CNC2CC2)ccc1C(=O)O. The molecular weight excluding hydrogens is 248 g/mol. The molecule has 2 rings (SSSR count). The van der Waals surface area contributed by atoms with E-state index in [0.717, 1.165) is 12.8 Å². The largest absolute Gasteiger partial charge is 0.496 e. The lowest BCUT2D eigenvalue weighted by Crippen LogP contribution is -2.29. The molecular formula is C13H16N2O4. The lowest BCUT2D eigenvalue weighted by atomic mass is 10.2. The van der Waals surface area contributed by atoms with Gasteiger partial charge >= 0.3 is 5.97 Å². The second-order valence-corrected chi connectivity index (χ2v) is 4.42. The highest BCUT2D eigenvalue weighted by Gasteiger charge is 2.21. The van der Waals surface area contributed by atoms with Gasteiger partial charge in [0.15, 0.2) is 0 Å². The zero-order chi connectivity index (χ0) is 13.8. The molecule has 1 saturated carbocycles. The van der Waals surface area contributed by atoms with E-state index < -0.39 is 5.97 Å². The van der Waals surface area contributed by atoms with E-state index in [1.54, 1.807) is 6.07 Å². The number of amides is 1. The van der Waals surface area contributed by atoms with Crippen LogP contribution in [0, 0.1) is 0 Å². The van der Waals surface area contributed by atoms with Crippen LogP contribution in [0.15, 0.2) is 18.2 Å². The molecule has 1 aromatic carbocycles. The van der Waals surface area contributed by atoms with Crippen LogP contribution in [0.3, 0.4) is 0 Å². The van der Waals surface area contributed by atoms with Crippen molar-refractivity contribution in [1.82, 2.24) is 5.32 Å². The molecule has 19 heavy (non-hydrogen) atoms. The zero-order valence-electron chi connectivity index (χ0n) is 10.6. The van der Waals surface area contributed by atoms with Gasteiger partial charge in [-0.25, -0.2) is 4.79 Å². The van der Waals surface area contributed by atoms with Crippen molar-refractivity contribution >= 4 is 17.6 Å². The number of rotatable bonds is 6.